The zero-order valence-corrected chi connectivity index (χ0v) is 10.8. The second-order valence-electron chi connectivity index (χ2n) is 4.45. The molecule has 1 aromatic heterocycles. The standard InChI is InChI=1S/C14H17NO3/c1-9(2)12-6-10(4-5-14(12)17-3)13-7-11(8-16)18-15-13/h4-7,9,16H,8H2,1-3H3. The van der Waals surface area contributed by atoms with E-state index in [1.807, 2.05) is 18.2 Å². The highest BCUT2D eigenvalue weighted by molar-refractivity contribution is 5.62. The van der Waals surface area contributed by atoms with Gasteiger partial charge in [-0.15, -0.1) is 0 Å². The van der Waals surface area contributed by atoms with E-state index in [-0.39, 0.29) is 6.61 Å². The Hall–Kier alpha value is -1.81. The number of ether oxygens (including phenoxy) is 1. The quantitative estimate of drug-likeness (QED) is 0.902. The summed E-state index contributed by atoms with van der Waals surface area (Å²) >= 11 is 0. The number of rotatable bonds is 4. The van der Waals surface area contributed by atoms with E-state index in [4.69, 9.17) is 14.4 Å². The molecule has 0 aliphatic rings. The summed E-state index contributed by atoms with van der Waals surface area (Å²) in [5.74, 6) is 1.70. The second-order valence-corrected chi connectivity index (χ2v) is 4.45. The molecule has 18 heavy (non-hydrogen) atoms. The van der Waals surface area contributed by atoms with Crippen LogP contribution in [0.5, 0.6) is 5.75 Å². The number of hydrogen-bond donors (Lipinski definition) is 1. The predicted octanol–water partition coefficient (Wildman–Crippen LogP) is 2.97. The van der Waals surface area contributed by atoms with Gasteiger partial charge in [-0.1, -0.05) is 19.0 Å². The molecule has 4 nitrogen and oxygen atoms in total. The minimum absolute atomic E-state index is 0.139. The fourth-order valence-corrected chi connectivity index (χ4v) is 1.87. The first-order chi connectivity index (χ1) is 8.65. The van der Waals surface area contributed by atoms with E-state index in [0.717, 1.165) is 22.6 Å². The lowest BCUT2D eigenvalue weighted by Gasteiger charge is -2.12. The topological polar surface area (TPSA) is 55.5 Å². The van der Waals surface area contributed by atoms with Gasteiger partial charge in [0.25, 0.3) is 0 Å². The molecule has 4 heteroatoms. The van der Waals surface area contributed by atoms with Gasteiger partial charge in [-0.3, -0.25) is 0 Å². The lowest BCUT2D eigenvalue weighted by atomic mass is 9.98. The molecule has 0 atom stereocenters. The molecule has 0 fully saturated rings. The number of methoxy groups -OCH3 is 1. The van der Waals surface area contributed by atoms with Crippen LogP contribution in [0.15, 0.2) is 28.8 Å². The van der Waals surface area contributed by atoms with Crippen molar-refractivity contribution in [2.75, 3.05) is 7.11 Å². The van der Waals surface area contributed by atoms with Gasteiger partial charge in [0, 0.05) is 11.6 Å². The van der Waals surface area contributed by atoms with E-state index in [9.17, 15) is 0 Å². The van der Waals surface area contributed by atoms with Crippen molar-refractivity contribution < 1.29 is 14.4 Å². The van der Waals surface area contributed by atoms with Gasteiger partial charge in [-0.25, -0.2) is 0 Å². The Morgan fingerprint density at radius 3 is 2.67 bits per heavy atom. The maximum atomic E-state index is 8.97. The highest BCUT2D eigenvalue weighted by atomic mass is 16.5. The monoisotopic (exact) mass is 247 g/mol. The van der Waals surface area contributed by atoms with Crippen molar-refractivity contribution in [2.45, 2.75) is 26.4 Å². The molecular formula is C14H17NO3. The molecule has 0 radical (unpaired) electrons. The van der Waals surface area contributed by atoms with Crippen LogP contribution in [0.25, 0.3) is 11.3 Å². The molecule has 0 saturated carbocycles. The fourth-order valence-electron chi connectivity index (χ4n) is 1.87. The van der Waals surface area contributed by atoms with E-state index in [1.54, 1.807) is 13.2 Å². The van der Waals surface area contributed by atoms with Gasteiger partial charge in [-0.05, 0) is 29.7 Å². The molecule has 1 N–H and O–H groups in total. The molecule has 1 aromatic carbocycles. The second kappa shape index (κ2) is 5.23. The van der Waals surface area contributed by atoms with E-state index in [2.05, 4.69) is 19.0 Å². The average Bonchev–Trinajstić information content (AvgIpc) is 2.86. The third-order valence-corrected chi connectivity index (χ3v) is 2.86. The van der Waals surface area contributed by atoms with Crippen LogP contribution in [-0.2, 0) is 6.61 Å². The summed E-state index contributed by atoms with van der Waals surface area (Å²) in [7, 11) is 1.67. The molecule has 0 amide bonds. The molecular weight excluding hydrogens is 230 g/mol. The summed E-state index contributed by atoms with van der Waals surface area (Å²) in [4.78, 5) is 0. The van der Waals surface area contributed by atoms with Crippen LogP contribution >= 0.6 is 0 Å². The smallest absolute Gasteiger partial charge is 0.162 e. The van der Waals surface area contributed by atoms with Crippen molar-refractivity contribution in [2.24, 2.45) is 0 Å². The third-order valence-electron chi connectivity index (χ3n) is 2.86. The van der Waals surface area contributed by atoms with Crippen LogP contribution in [0.4, 0.5) is 0 Å². The molecule has 0 aliphatic carbocycles. The molecule has 0 aliphatic heterocycles. The fraction of sp³-hybridized carbons (Fsp3) is 0.357. The van der Waals surface area contributed by atoms with Crippen molar-refractivity contribution in [3.05, 3.63) is 35.6 Å². The summed E-state index contributed by atoms with van der Waals surface area (Å²) in [6.07, 6.45) is 0. The largest absolute Gasteiger partial charge is 0.496 e. The van der Waals surface area contributed by atoms with Crippen LogP contribution < -0.4 is 4.74 Å². The van der Waals surface area contributed by atoms with Gasteiger partial charge in [0.1, 0.15) is 18.1 Å². The first kappa shape index (κ1) is 12.6. The van der Waals surface area contributed by atoms with E-state index >= 15 is 0 Å². The van der Waals surface area contributed by atoms with Gasteiger partial charge in [0.2, 0.25) is 0 Å². The molecule has 2 aromatic rings. The molecule has 1 heterocycles. The summed E-state index contributed by atoms with van der Waals surface area (Å²) < 4.78 is 10.3. The van der Waals surface area contributed by atoms with Crippen LogP contribution in [0.2, 0.25) is 0 Å². The minimum Gasteiger partial charge on any atom is -0.496 e. The molecule has 0 bridgehead atoms. The Morgan fingerprint density at radius 1 is 1.33 bits per heavy atom. The maximum Gasteiger partial charge on any atom is 0.162 e. The van der Waals surface area contributed by atoms with Crippen molar-refractivity contribution in [1.82, 2.24) is 5.16 Å². The Bertz CT molecular complexity index is 532. The van der Waals surface area contributed by atoms with Crippen molar-refractivity contribution in [1.29, 1.82) is 0 Å². The normalized spacial score (nSPS) is 10.9. The van der Waals surface area contributed by atoms with Gasteiger partial charge < -0.3 is 14.4 Å². The Labute approximate surface area is 106 Å². The molecule has 0 unspecified atom stereocenters. The Balaban J connectivity index is 2.42. The summed E-state index contributed by atoms with van der Waals surface area (Å²) in [6, 6.07) is 7.65. The minimum atomic E-state index is -0.139. The first-order valence-electron chi connectivity index (χ1n) is 5.90. The van der Waals surface area contributed by atoms with Gasteiger partial charge >= 0.3 is 0 Å². The number of aliphatic hydroxyl groups is 1. The van der Waals surface area contributed by atoms with Gasteiger partial charge in [-0.2, -0.15) is 0 Å². The number of nitrogens with zero attached hydrogens (tertiary/aromatic N) is 1. The van der Waals surface area contributed by atoms with E-state index in [0.29, 0.717) is 11.7 Å². The lowest BCUT2D eigenvalue weighted by Crippen LogP contribution is -1.94. The maximum absolute atomic E-state index is 8.97. The zero-order valence-electron chi connectivity index (χ0n) is 10.8. The van der Waals surface area contributed by atoms with Crippen molar-refractivity contribution in [3.63, 3.8) is 0 Å². The Kier molecular flexibility index (Phi) is 3.67. The Morgan fingerprint density at radius 2 is 2.11 bits per heavy atom. The highest BCUT2D eigenvalue weighted by Gasteiger charge is 2.11. The van der Waals surface area contributed by atoms with E-state index in [1.165, 1.54) is 0 Å². The van der Waals surface area contributed by atoms with E-state index < -0.39 is 0 Å². The van der Waals surface area contributed by atoms with Gasteiger partial charge in [0.15, 0.2) is 5.76 Å². The van der Waals surface area contributed by atoms with Crippen LogP contribution in [0.3, 0.4) is 0 Å². The molecule has 0 saturated heterocycles. The van der Waals surface area contributed by atoms with Crippen molar-refractivity contribution >= 4 is 0 Å². The number of aliphatic hydroxyl groups excluding tert-OH is 1. The third kappa shape index (κ3) is 2.38. The lowest BCUT2D eigenvalue weighted by molar-refractivity contribution is 0.229. The average molecular weight is 247 g/mol. The molecule has 2 rings (SSSR count). The first-order valence-corrected chi connectivity index (χ1v) is 5.90. The van der Waals surface area contributed by atoms with Crippen molar-refractivity contribution in [3.8, 4) is 17.0 Å². The molecule has 96 valence electrons. The highest BCUT2D eigenvalue weighted by Crippen LogP contribution is 2.31. The van der Waals surface area contributed by atoms with Crippen LogP contribution in [0.1, 0.15) is 31.1 Å². The summed E-state index contributed by atoms with van der Waals surface area (Å²) in [6.45, 7) is 4.09. The summed E-state index contributed by atoms with van der Waals surface area (Å²) in [5, 5.41) is 12.9. The number of hydrogen-bond acceptors (Lipinski definition) is 4. The predicted molar refractivity (Wildman–Crippen MR) is 68.5 cm³/mol. The van der Waals surface area contributed by atoms with Crippen LogP contribution in [-0.4, -0.2) is 17.4 Å². The van der Waals surface area contributed by atoms with Gasteiger partial charge in [0.05, 0.1) is 7.11 Å². The number of benzene rings is 1. The SMILES string of the molecule is COc1ccc(-c2cc(CO)on2)cc1C(C)C. The number of aromatic nitrogens is 1. The van der Waals surface area contributed by atoms with Crippen LogP contribution in [0, 0.1) is 0 Å². The summed E-state index contributed by atoms with van der Waals surface area (Å²) in [5.41, 5.74) is 2.81. The zero-order chi connectivity index (χ0) is 13.1. The molecule has 0 spiro atoms.